The maximum absolute atomic E-state index is 3.50. The van der Waals surface area contributed by atoms with Gasteiger partial charge in [-0.25, -0.2) is 24.3 Å². The maximum atomic E-state index is 3.50. The zero-order chi connectivity index (χ0) is 9.78. The second-order valence-corrected chi connectivity index (χ2v) is 2.37. The summed E-state index contributed by atoms with van der Waals surface area (Å²) in [4.78, 5) is 0. The van der Waals surface area contributed by atoms with Gasteiger partial charge in [-0.2, -0.15) is 50.5 Å². The summed E-state index contributed by atoms with van der Waals surface area (Å²) in [6, 6.07) is 20.0. The summed E-state index contributed by atoms with van der Waals surface area (Å²) in [6.07, 6.45) is 0. The van der Waals surface area contributed by atoms with E-state index in [1.165, 1.54) is 0 Å². The van der Waals surface area contributed by atoms with Crippen molar-refractivity contribution in [2.75, 3.05) is 14.1 Å². The summed E-state index contributed by atoms with van der Waals surface area (Å²) in [6.45, 7) is 0. The average molecular weight is 258 g/mol. The van der Waals surface area contributed by atoms with Gasteiger partial charge >= 0.3 is 21.7 Å². The van der Waals surface area contributed by atoms with Gasteiger partial charge in [0.05, 0.1) is 0 Å². The first-order valence-corrected chi connectivity index (χ1v) is 4.23. The van der Waals surface area contributed by atoms with Crippen LogP contribution < -0.4 is 12.4 Å². The Morgan fingerprint density at radius 3 is 1.00 bits per heavy atom. The Morgan fingerprint density at radius 2 is 0.933 bits per heavy atom. The average Bonchev–Trinajstić information content (AvgIpc) is 2.85. The quantitative estimate of drug-likeness (QED) is 0.480. The number of hydrogen-bond donors (Lipinski definition) is 0. The van der Waals surface area contributed by atoms with Gasteiger partial charge in [0.2, 0.25) is 0 Å². The molecule has 0 N–H and O–H groups in total. The van der Waals surface area contributed by atoms with E-state index in [-0.39, 0.29) is 34.1 Å². The van der Waals surface area contributed by atoms with Crippen molar-refractivity contribution in [1.29, 1.82) is 0 Å². The zero-order valence-electron chi connectivity index (χ0n) is 9.10. The van der Waals surface area contributed by atoms with Crippen LogP contribution in [0.4, 0.5) is 0 Å². The molecule has 0 bridgehead atoms. The van der Waals surface area contributed by atoms with E-state index in [4.69, 9.17) is 0 Å². The van der Waals surface area contributed by atoms with Gasteiger partial charge in [0.1, 0.15) is 0 Å². The third-order valence-corrected chi connectivity index (χ3v) is 1.11. The van der Waals surface area contributed by atoms with Crippen LogP contribution >= 0.6 is 0 Å². The molecule has 1 nitrogen and oxygen atoms in total. The number of halogens is 1. The van der Waals surface area contributed by atoms with Crippen molar-refractivity contribution in [1.82, 2.24) is 0 Å². The predicted molar refractivity (Wildman–Crippen MR) is 59.3 cm³/mol. The molecular formula is C12H16ClNTi. The Labute approximate surface area is 114 Å². The van der Waals surface area contributed by atoms with E-state index in [2.05, 4.69) is 5.32 Å². The van der Waals surface area contributed by atoms with Crippen molar-refractivity contribution in [2.24, 2.45) is 0 Å². The first-order chi connectivity index (χ1) is 6.41. The van der Waals surface area contributed by atoms with E-state index in [0.29, 0.717) is 0 Å². The van der Waals surface area contributed by atoms with Crippen LogP contribution in [0, 0.1) is 0 Å². The van der Waals surface area contributed by atoms with Crippen LogP contribution in [0.2, 0.25) is 0 Å². The van der Waals surface area contributed by atoms with E-state index >= 15 is 0 Å². The van der Waals surface area contributed by atoms with Crippen LogP contribution in [-0.2, 0) is 21.7 Å². The smallest absolute Gasteiger partial charge is 1.00 e. The third-order valence-electron chi connectivity index (χ3n) is 1.11. The number of rotatable bonds is 0. The molecule has 0 aromatic heterocycles. The molecule has 15 heavy (non-hydrogen) atoms. The van der Waals surface area contributed by atoms with Crippen molar-refractivity contribution in [3.63, 3.8) is 0 Å². The topological polar surface area (TPSA) is 14.1 Å². The Hall–Kier alpha value is -0.336. The molecule has 0 amide bonds. The first-order valence-electron chi connectivity index (χ1n) is 4.23. The van der Waals surface area contributed by atoms with Crippen molar-refractivity contribution < 1.29 is 34.1 Å². The van der Waals surface area contributed by atoms with E-state index < -0.39 is 0 Å². The molecule has 80 valence electrons. The van der Waals surface area contributed by atoms with Crippen LogP contribution in [0.1, 0.15) is 0 Å². The molecule has 2 aromatic carbocycles. The minimum absolute atomic E-state index is 0. The van der Waals surface area contributed by atoms with Gasteiger partial charge in [0.15, 0.2) is 0 Å². The predicted octanol–water partition coefficient (Wildman–Crippen LogP) is 0.432. The summed E-state index contributed by atoms with van der Waals surface area (Å²) in [7, 11) is 3.50. The zero-order valence-corrected chi connectivity index (χ0v) is 11.4. The Kier molecular flexibility index (Phi) is 25.9. The van der Waals surface area contributed by atoms with Crippen molar-refractivity contribution in [2.45, 2.75) is 0 Å². The molecule has 0 aliphatic heterocycles. The van der Waals surface area contributed by atoms with Gasteiger partial charge in [-0.15, -0.1) is 0 Å². The second-order valence-electron chi connectivity index (χ2n) is 2.37. The molecule has 0 saturated heterocycles. The molecule has 0 fully saturated rings. The molecule has 0 aliphatic carbocycles. The number of hydrogen-bond acceptors (Lipinski definition) is 0. The van der Waals surface area contributed by atoms with Crippen LogP contribution in [0.5, 0.6) is 0 Å². The monoisotopic (exact) mass is 257 g/mol. The van der Waals surface area contributed by atoms with Crippen LogP contribution in [0.25, 0.3) is 5.32 Å². The fourth-order valence-corrected chi connectivity index (χ4v) is 0.642. The van der Waals surface area contributed by atoms with Crippen molar-refractivity contribution in [3.05, 3.63) is 66.0 Å². The van der Waals surface area contributed by atoms with Crippen LogP contribution in [0.3, 0.4) is 0 Å². The first kappa shape index (κ1) is 20.1. The molecule has 0 radical (unpaired) electrons. The van der Waals surface area contributed by atoms with Crippen molar-refractivity contribution >= 4 is 0 Å². The van der Waals surface area contributed by atoms with Gasteiger partial charge < -0.3 is 17.7 Å². The summed E-state index contributed by atoms with van der Waals surface area (Å²) in [5, 5.41) is 3.50. The second kappa shape index (κ2) is 19.3. The summed E-state index contributed by atoms with van der Waals surface area (Å²) in [5.41, 5.74) is 0. The summed E-state index contributed by atoms with van der Waals surface area (Å²) in [5.74, 6) is 0. The van der Waals surface area contributed by atoms with E-state index in [1.54, 1.807) is 14.1 Å². The Morgan fingerprint density at radius 1 is 0.733 bits per heavy atom. The molecule has 0 spiro atoms. The molecule has 0 unspecified atom stereocenters. The van der Waals surface area contributed by atoms with E-state index in [9.17, 15) is 0 Å². The molecule has 2 aromatic rings. The van der Waals surface area contributed by atoms with Gasteiger partial charge in [-0.05, 0) is 0 Å². The van der Waals surface area contributed by atoms with E-state index in [0.717, 1.165) is 0 Å². The van der Waals surface area contributed by atoms with Gasteiger partial charge in [0, 0.05) is 0 Å². The normalized spacial score (nSPS) is 6.53. The summed E-state index contributed by atoms with van der Waals surface area (Å²) >= 11 is 0. The maximum Gasteiger partial charge on any atom is 4.00 e. The van der Waals surface area contributed by atoms with Crippen LogP contribution in [-0.4, -0.2) is 14.1 Å². The third kappa shape index (κ3) is 19.9. The molecule has 0 heterocycles. The van der Waals surface area contributed by atoms with Gasteiger partial charge in [-0.3, -0.25) is 0 Å². The fourth-order valence-electron chi connectivity index (χ4n) is 0.642. The fraction of sp³-hybridized carbons (Fsp3) is 0.167. The molecule has 3 heteroatoms. The molecular weight excluding hydrogens is 241 g/mol. The SMILES string of the molecule is C[N-]C.[Cl-].[Ti+4].c1cc[cH-]c1.c1cc[cH-]c1. The van der Waals surface area contributed by atoms with Gasteiger partial charge in [0.25, 0.3) is 0 Å². The van der Waals surface area contributed by atoms with Crippen molar-refractivity contribution in [3.8, 4) is 0 Å². The van der Waals surface area contributed by atoms with Crippen LogP contribution in [0.15, 0.2) is 60.7 Å². The molecule has 0 saturated carbocycles. The summed E-state index contributed by atoms with van der Waals surface area (Å²) < 4.78 is 0. The Balaban J connectivity index is -0.000000140. The molecule has 0 atom stereocenters. The number of nitrogens with zero attached hydrogens (tertiary/aromatic N) is 1. The Bertz CT molecular complexity index is 167. The molecule has 0 aliphatic rings. The van der Waals surface area contributed by atoms with Gasteiger partial charge in [-0.1, -0.05) is 0 Å². The largest absolute Gasteiger partial charge is 4.00 e. The minimum atomic E-state index is 0. The molecule has 2 rings (SSSR count). The minimum Gasteiger partial charge on any atom is -1.00 e. The standard InChI is InChI=1S/2C5H5.C2H6N.ClH.Ti/c2*1-2-4-5-3-1;1-3-2;;/h2*1-5H;1-2H3;1H;/q3*-1;;+4/p-1. The van der Waals surface area contributed by atoms with E-state index in [1.807, 2.05) is 60.7 Å².